The highest BCUT2D eigenvalue weighted by atomic mass is 32.2. The Morgan fingerprint density at radius 1 is 1.04 bits per heavy atom. The first kappa shape index (κ1) is 18.1. The first-order valence-corrected chi connectivity index (χ1v) is 10.1. The van der Waals surface area contributed by atoms with Gasteiger partial charge in [0.05, 0.1) is 29.9 Å². The third kappa shape index (κ3) is 3.46. The molecular formula is C20H18N2O5S. The van der Waals surface area contributed by atoms with E-state index >= 15 is 0 Å². The number of nitrogens with zero attached hydrogens (tertiary/aromatic N) is 1. The van der Waals surface area contributed by atoms with Crippen LogP contribution in [0.5, 0.6) is 5.75 Å². The van der Waals surface area contributed by atoms with Crippen LogP contribution in [0.2, 0.25) is 0 Å². The van der Waals surface area contributed by atoms with Gasteiger partial charge in [0.25, 0.3) is 15.9 Å². The first-order chi connectivity index (χ1) is 13.6. The van der Waals surface area contributed by atoms with Crippen molar-refractivity contribution in [1.82, 2.24) is 5.32 Å². The van der Waals surface area contributed by atoms with Gasteiger partial charge in [-0.25, -0.2) is 8.42 Å². The van der Waals surface area contributed by atoms with E-state index in [0.29, 0.717) is 17.2 Å². The molecule has 1 aliphatic heterocycles. The molecule has 0 saturated heterocycles. The van der Waals surface area contributed by atoms with Crippen molar-refractivity contribution < 1.29 is 22.4 Å². The Bertz CT molecular complexity index is 1060. The quantitative estimate of drug-likeness (QED) is 0.714. The highest BCUT2D eigenvalue weighted by molar-refractivity contribution is 7.92. The Morgan fingerprint density at radius 2 is 1.79 bits per heavy atom. The number of rotatable bonds is 5. The van der Waals surface area contributed by atoms with Gasteiger partial charge >= 0.3 is 0 Å². The number of furan rings is 1. The van der Waals surface area contributed by atoms with E-state index in [1.54, 1.807) is 54.6 Å². The molecule has 1 amide bonds. The molecule has 3 aromatic rings. The number of hydrogen-bond acceptors (Lipinski definition) is 5. The van der Waals surface area contributed by atoms with Gasteiger partial charge in [0.1, 0.15) is 11.5 Å². The van der Waals surface area contributed by atoms with Gasteiger partial charge in [-0.1, -0.05) is 30.3 Å². The molecule has 0 saturated carbocycles. The molecule has 28 heavy (non-hydrogen) atoms. The van der Waals surface area contributed by atoms with Crippen LogP contribution in [0.1, 0.15) is 5.76 Å². The van der Waals surface area contributed by atoms with E-state index in [1.165, 1.54) is 22.7 Å². The van der Waals surface area contributed by atoms with E-state index in [2.05, 4.69) is 5.32 Å². The van der Waals surface area contributed by atoms with Crippen molar-refractivity contribution in [3.63, 3.8) is 0 Å². The zero-order valence-electron chi connectivity index (χ0n) is 14.8. The monoisotopic (exact) mass is 398 g/mol. The summed E-state index contributed by atoms with van der Waals surface area (Å²) in [5.41, 5.74) is 0.404. The van der Waals surface area contributed by atoms with Crippen LogP contribution in [0, 0.1) is 0 Å². The average Bonchev–Trinajstić information content (AvgIpc) is 3.25. The molecule has 0 fully saturated rings. The molecule has 7 nitrogen and oxygen atoms in total. The van der Waals surface area contributed by atoms with E-state index in [1.807, 2.05) is 0 Å². The molecule has 0 aliphatic carbocycles. The third-order valence-corrected chi connectivity index (χ3v) is 6.17. The number of sulfonamides is 1. The maximum atomic E-state index is 13.2. The van der Waals surface area contributed by atoms with Gasteiger partial charge < -0.3 is 14.5 Å². The predicted octanol–water partition coefficient (Wildman–Crippen LogP) is 2.55. The lowest BCUT2D eigenvalue weighted by Gasteiger charge is -2.34. The summed E-state index contributed by atoms with van der Waals surface area (Å²) in [5, 5.41) is 2.72. The molecule has 1 N–H and O–H groups in total. The van der Waals surface area contributed by atoms with Gasteiger partial charge in [0.15, 0.2) is 6.10 Å². The summed E-state index contributed by atoms with van der Waals surface area (Å²) < 4.78 is 38.6. The zero-order chi connectivity index (χ0) is 19.6. The maximum absolute atomic E-state index is 13.2. The number of hydrogen-bond donors (Lipinski definition) is 1. The van der Waals surface area contributed by atoms with E-state index in [4.69, 9.17) is 9.15 Å². The minimum Gasteiger partial charge on any atom is -0.476 e. The lowest BCUT2D eigenvalue weighted by atomic mass is 10.2. The molecule has 1 atom stereocenters. The lowest BCUT2D eigenvalue weighted by Crippen LogP contribution is -2.50. The van der Waals surface area contributed by atoms with E-state index < -0.39 is 22.0 Å². The summed E-state index contributed by atoms with van der Waals surface area (Å²) in [6, 6.07) is 18.4. The number of amides is 1. The predicted molar refractivity (Wildman–Crippen MR) is 102 cm³/mol. The van der Waals surface area contributed by atoms with Crippen molar-refractivity contribution in [2.45, 2.75) is 17.5 Å². The normalized spacial score (nSPS) is 16.1. The second-order valence-corrected chi connectivity index (χ2v) is 8.08. The zero-order valence-corrected chi connectivity index (χ0v) is 15.6. The van der Waals surface area contributed by atoms with Crippen molar-refractivity contribution in [1.29, 1.82) is 0 Å². The number of carbonyl (C=O) groups excluding carboxylic acids is 1. The van der Waals surface area contributed by atoms with Crippen LogP contribution in [0.4, 0.5) is 5.69 Å². The van der Waals surface area contributed by atoms with Crippen LogP contribution >= 0.6 is 0 Å². The Labute approximate surface area is 162 Å². The van der Waals surface area contributed by atoms with Crippen LogP contribution in [0.25, 0.3) is 0 Å². The smallest absolute Gasteiger partial charge is 0.264 e. The lowest BCUT2D eigenvalue weighted by molar-refractivity contribution is -0.128. The average molecular weight is 398 g/mol. The molecular weight excluding hydrogens is 380 g/mol. The van der Waals surface area contributed by atoms with Crippen LogP contribution < -0.4 is 14.4 Å². The fraction of sp³-hybridized carbons (Fsp3) is 0.150. The Hall–Kier alpha value is -3.26. The topological polar surface area (TPSA) is 88.9 Å². The summed E-state index contributed by atoms with van der Waals surface area (Å²) >= 11 is 0. The van der Waals surface area contributed by atoms with Crippen molar-refractivity contribution >= 4 is 21.6 Å². The van der Waals surface area contributed by atoms with Crippen molar-refractivity contribution in [2.24, 2.45) is 0 Å². The standard InChI is InChI=1S/C20H18N2O5S/c23-20(21-13-15-7-6-12-26-15)19-14-22(17-10-4-5-11-18(17)27-19)28(24,25)16-8-2-1-3-9-16/h1-12,19H,13-14H2,(H,21,23)/t19-/m0/s1. The minimum absolute atomic E-state index is 0.127. The van der Waals surface area contributed by atoms with E-state index in [0.717, 1.165) is 0 Å². The fourth-order valence-corrected chi connectivity index (χ4v) is 4.48. The number of anilines is 1. The maximum Gasteiger partial charge on any atom is 0.264 e. The Balaban J connectivity index is 1.62. The molecule has 2 heterocycles. The molecule has 8 heteroatoms. The van der Waals surface area contributed by atoms with Gasteiger partial charge in [0, 0.05) is 0 Å². The third-order valence-electron chi connectivity index (χ3n) is 4.38. The number of ether oxygens (including phenoxy) is 1. The highest BCUT2D eigenvalue weighted by Crippen LogP contribution is 2.36. The molecule has 0 spiro atoms. The first-order valence-electron chi connectivity index (χ1n) is 8.69. The SMILES string of the molecule is O=C(NCc1ccco1)[C@@H]1CN(S(=O)(=O)c2ccccc2)c2ccccc2O1. The number of fused-ring (bicyclic) bond motifs is 1. The summed E-state index contributed by atoms with van der Waals surface area (Å²) in [4.78, 5) is 12.8. The van der Waals surface area contributed by atoms with Crippen molar-refractivity contribution in [2.75, 3.05) is 10.8 Å². The Kier molecular flexibility index (Phi) is 4.79. The van der Waals surface area contributed by atoms with Crippen LogP contribution in [0.15, 0.2) is 82.3 Å². The molecule has 1 aliphatic rings. The number of benzene rings is 2. The van der Waals surface area contributed by atoms with Crippen molar-refractivity contribution in [3.05, 3.63) is 78.8 Å². The summed E-state index contributed by atoms with van der Waals surface area (Å²) in [7, 11) is -3.85. The summed E-state index contributed by atoms with van der Waals surface area (Å²) in [5.74, 6) is 0.517. The summed E-state index contributed by atoms with van der Waals surface area (Å²) in [6.07, 6.45) is 0.534. The second-order valence-electron chi connectivity index (χ2n) is 6.22. The number of para-hydroxylation sites is 2. The molecule has 4 rings (SSSR count). The molecule has 0 radical (unpaired) electrons. The van der Waals surface area contributed by atoms with Gasteiger partial charge in [-0.15, -0.1) is 0 Å². The van der Waals surface area contributed by atoms with Crippen LogP contribution in [-0.4, -0.2) is 27.0 Å². The van der Waals surface area contributed by atoms with Crippen molar-refractivity contribution in [3.8, 4) is 5.75 Å². The largest absolute Gasteiger partial charge is 0.476 e. The number of carbonyl (C=O) groups is 1. The molecule has 2 aromatic carbocycles. The van der Waals surface area contributed by atoms with E-state index in [9.17, 15) is 13.2 Å². The molecule has 144 valence electrons. The van der Waals surface area contributed by atoms with Crippen LogP contribution in [0.3, 0.4) is 0 Å². The van der Waals surface area contributed by atoms with Gasteiger partial charge in [0.2, 0.25) is 0 Å². The minimum atomic E-state index is -3.85. The summed E-state index contributed by atoms with van der Waals surface area (Å²) in [6.45, 7) is 0.0665. The van der Waals surface area contributed by atoms with Gasteiger partial charge in [-0.05, 0) is 36.4 Å². The van der Waals surface area contributed by atoms with Gasteiger partial charge in [-0.2, -0.15) is 0 Å². The highest BCUT2D eigenvalue weighted by Gasteiger charge is 2.37. The number of nitrogens with one attached hydrogen (secondary N) is 1. The molecule has 0 unspecified atom stereocenters. The van der Waals surface area contributed by atoms with Gasteiger partial charge in [-0.3, -0.25) is 9.10 Å². The molecule has 1 aromatic heterocycles. The molecule has 0 bridgehead atoms. The fourth-order valence-electron chi connectivity index (χ4n) is 2.99. The van der Waals surface area contributed by atoms with Crippen LogP contribution in [-0.2, 0) is 21.4 Å². The second kappa shape index (κ2) is 7.40. The Morgan fingerprint density at radius 3 is 2.54 bits per heavy atom. The van der Waals surface area contributed by atoms with E-state index in [-0.39, 0.29) is 18.0 Å².